The first-order valence-corrected chi connectivity index (χ1v) is 5.28. The van der Waals surface area contributed by atoms with Gasteiger partial charge in [-0.25, -0.2) is 0 Å². The maximum absolute atomic E-state index is 7.65. The average molecular weight is 209 g/mol. The van der Waals surface area contributed by atoms with Gasteiger partial charge in [0.2, 0.25) is 0 Å². The molecule has 1 fully saturated rings. The van der Waals surface area contributed by atoms with Gasteiger partial charge in [0.15, 0.2) is 0 Å². The molecule has 0 saturated carbocycles. The Morgan fingerprint density at radius 2 is 1.53 bits per heavy atom. The fourth-order valence-electron chi connectivity index (χ4n) is 1.50. The number of rotatable bonds is 2. The minimum Gasteiger partial charge on any atom is -0.399 e. The molecule has 4 heteroatoms. The highest BCUT2D eigenvalue weighted by molar-refractivity contribution is 6.62. The van der Waals surface area contributed by atoms with E-state index in [0.717, 1.165) is 5.47 Å². The quantitative estimate of drug-likeness (QED) is 0.561. The Hall–Kier alpha value is -0.605. The highest BCUT2D eigenvalue weighted by Crippen LogP contribution is 2.38. The molecular formula is C11H20BNO2. The Morgan fingerprint density at radius 3 is 1.80 bits per heavy atom. The lowest BCUT2D eigenvalue weighted by atomic mass is 9.75. The molecule has 0 aromatic rings. The zero-order chi connectivity index (χ0) is 11.9. The van der Waals surface area contributed by atoms with E-state index in [-0.39, 0.29) is 11.2 Å². The van der Waals surface area contributed by atoms with Gasteiger partial charge in [-0.05, 0) is 47.0 Å². The number of allylic oxidation sites excluding steroid dienone is 2. The summed E-state index contributed by atoms with van der Waals surface area (Å²) in [5, 5.41) is 7.65. The van der Waals surface area contributed by atoms with Gasteiger partial charge in [-0.15, -0.1) is 0 Å². The topological polar surface area (TPSA) is 42.3 Å². The molecular weight excluding hydrogens is 189 g/mol. The first-order chi connectivity index (χ1) is 6.71. The second kappa shape index (κ2) is 3.76. The molecule has 1 saturated heterocycles. The Labute approximate surface area is 92.5 Å². The predicted molar refractivity (Wildman–Crippen MR) is 63.2 cm³/mol. The van der Waals surface area contributed by atoms with E-state index in [4.69, 9.17) is 14.7 Å². The SMILES string of the molecule is C/C=C(\B1OC(C)(C)C(C)(C)O1)C(C)=N. The van der Waals surface area contributed by atoms with Crippen LogP contribution in [0.1, 0.15) is 41.5 Å². The summed E-state index contributed by atoms with van der Waals surface area (Å²) in [5.74, 6) is 0. The van der Waals surface area contributed by atoms with Crippen molar-refractivity contribution in [2.75, 3.05) is 0 Å². The maximum Gasteiger partial charge on any atom is 0.496 e. The van der Waals surface area contributed by atoms with Gasteiger partial charge in [0.25, 0.3) is 0 Å². The van der Waals surface area contributed by atoms with Crippen LogP contribution in [0, 0.1) is 5.41 Å². The molecule has 0 aliphatic carbocycles. The maximum atomic E-state index is 7.65. The van der Waals surface area contributed by atoms with Gasteiger partial charge in [0.1, 0.15) is 0 Å². The van der Waals surface area contributed by atoms with Crippen molar-refractivity contribution in [3.8, 4) is 0 Å². The van der Waals surface area contributed by atoms with Crippen LogP contribution in [0.4, 0.5) is 0 Å². The van der Waals surface area contributed by atoms with E-state index in [1.54, 1.807) is 6.92 Å². The highest BCUT2D eigenvalue weighted by atomic mass is 16.7. The third kappa shape index (κ3) is 2.16. The van der Waals surface area contributed by atoms with Crippen LogP contribution in [0.25, 0.3) is 0 Å². The number of nitrogens with one attached hydrogen (secondary N) is 1. The standard InChI is InChI=1S/C11H20BNO2/c1-7-9(8(2)13)12-14-10(3,4)11(5,6)15-12/h7,13H,1-6H3/b9-7-,13-8?. The van der Waals surface area contributed by atoms with Crippen molar-refractivity contribution in [3.63, 3.8) is 0 Å². The molecule has 0 radical (unpaired) electrons. The molecule has 0 atom stereocenters. The van der Waals surface area contributed by atoms with Crippen molar-refractivity contribution >= 4 is 12.8 Å². The summed E-state index contributed by atoms with van der Waals surface area (Å²) in [6.45, 7) is 11.7. The fourth-order valence-corrected chi connectivity index (χ4v) is 1.50. The molecule has 0 spiro atoms. The van der Waals surface area contributed by atoms with E-state index in [1.165, 1.54) is 0 Å². The highest BCUT2D eigenvalue weighted by Gasteiger charge is 2.52. The Bertz CT molecular complexity index is 292. The van der Waals surface area contributed by atoms with Crippen molar-refractivity contribution < 1.29 is 9.31 Å². The van der Waals surface area contributed by atoms with Gasteiger partial charge >= 0.3 is 7.12 Å². The minimum absolute atomic E-state index is 0.332. The van der Waals surface area contributed by atoms with Gasteiger partial charge in [-0.1, -0.05) is 6.08 Å². The van der Waals surface area contributed by atoms with Crippen LogP contribution >= 0.6 is 0 Å². The van der Waals surface area contributed by atoms with Gasteiger partial charge in [-0.2, -0.15) is 0 Å². The number of hydrogen-bond acceptors (Lipinski definition) is 3. The smallest absolute Gasteiger partial charge is 0.399 e. The second-order valence-electron chi connectivity index (χ2n) is 4.96. The summed E-state index contributed by atoms with van der Waals surface area (Å²) >= 11 is 0. The van der Waals surface area contributed by atoms with Crippen LogP contribution in [0.3, 0.4) is 0 Å². The Kier molecular flexibility index (Phi) is 3.12. The summed E-state index contributed by atoms with van der Waals surface area (Å²) in [4.78, 5) is 0. The third-order valence-corrected chi connectivity index (χ3v) is 3.25. The predicted octanol–water partition coefficient (Wildman–Crippen LogP) is 2.60. The molecule has 0 aromatic heterocycles. The molecule has 15 heavy (non-hydrogen) atoms. The van der Waals surface area contributed by atoms with Crippen LogP contribution in [0.5, 0.6) is 0 Å². The lowest BCUT2D eigenvalue weighted by Crippen LogP contribution is -2.41. The molecule has 1 aliphatic heterocycles. The summed E-state index contributed by atoms with van der Waals surface area (Å²) < 4.78 is 11.7. The lowest BCUT2D eigenvalue weighted by molar-refractivity contribution is 0.00578. The zero-order valence-electron chi connectivity index (χ0n) is 10.5. The van der Waals surface area contributed by atoms with Crippen molar-refractivity contribution in [1.29, 1.82) is 5.41 Å². The fraction of sp³-hybridized carbons (Fsp3) is 0.727. The first kappa shape index (κ1) is 12.5. The Balaban J connectivity index is 2.92. The molecule has 0 amide bonds. The van der Waals surface area contributed by atoms with Gasteiger partial charge in [0, 0.05) is 5.71 Å². The molecule has 1 aliphatic rings. The summed E-state index contributed by atoms with van der Waals surface area (Å²) in [5.41, 5.74) is 0.646. The van der Waals surface area contributed by atoms with Crippen LogP contribution < -0.4 is 0 Å². The van der Waals surface area contributed by atoms with Gasteiger partial charge < -0.3 is 14.7 Å². The molecule has 84 valence electrons. The van der Waals surface area contributed by atoms with Crippen molar-refractivity contribution in [3.05, 3.63) is 11.5 Å². The van der Waals surface area contributed by atoms with E-state index in [2.05, 4.69) is 0 Å². The van der Waals surface area contributed by atoms with Crippen LogP contribution in [-0.2, 0) is 9.31 Å². The second-order valence-corrected chi connectivity index (χ2v) is 4.96. The molecule has 0 unspecified atom stereocenters. The summed E-state index contributed by atoms with van der Waals surface area (Å²) in [6, 6.07) is 0. The third-order valence-electron chi connectivity index (χ3n) is 3.25. The van der Waals surface area contributed by atoms with Crippen molar-refractivity contribution in [2.24, 2.45) is 0 Å². The number of hydrogen-bond donors (Lipinski definition) is 1. The average Bonchev–Trinajstić information content (AvgIpc) is 2.21. The summed E-state index contributed by atoms with van der Waals surface area (Å²) in [6.07, 6.45) is 1.88. The molecule has 1 N–H and O–H groups in total. The van der Waals surface area contributed by atoms with Crippen molar-refractivity contribution in [1.82, 2.24) is 0 Å². The largest absolute Gasteiger partial charge is 0.496 e. The summed E-state index contributed by atoms with van der Waals surface area (Å²) in [7, 11) is -0.405. The van der Waals surface area contributed by atoms with Crippen LogP contribution in [0.15, 0.2) is 11.5 Å². The molecule has 0 bridgehead atoms. The molecule has 1 rings (SSSR count). The van der Waals surface area contributed by atoms with E-state index in [0.29, 0.717) is 5.71 Å². The Morgan fingerprint density at radius 1 is 1.13 bits per heavy atom. The molecule has 0 aromatic carbocycles. The monoisotopic (exact) mass is 209 g/mol. The molecule has 3 nitrogen and oxygen atoms in total. The van der Waals surface area contributed by atoms with E-state index in [1.807, 2.05) is 40.7 Å². The van der Waals surface area contributed by atoms with Crippen LogP contribution in [-0.4, -0.2) is 24.0 Å². The van der Waals surface area contributed by atoms with Gasteiger partial charge in [0.05, 0.1) is 11.2 Å². The van der Waals surface area contributed by atoms with Crippen LogP contribution in [0.2, 0.25) is 0 Å². The first-order valence-electron chi connectivity index (χ1n) is 5.28. The zero-order valence-corrected chi connectivity index (χ0v) is 10.5. The van der Waals surface area contributed by atoms with Gasteiger partial charge in [-0.3, -0.25) is 0 Å². The van der Waals surface area contributed by atoms with Crippen molar-refractivity contribution in [2.45, 2.75) is 52.7 Å². The minimum atomic E-state index is -0.405. The molecule has 1 heterocycles. The lowest BCUT2D eigenvalue weighted by Gasteiger charge is -2.32. The van der Waals surface area contributed by atoms with E-state index in [9.17, 15) is 0 Å². The normalized spacial score (nSPS) is 24.4. The van der Waals surface area contributed by atoms with E-state index < -0.39 is 7.12 Å². The van der Waals surface area contributed by atoms with E-state index >= 15 is 0 Å².